The van der Waals surface area contributed by atoms with Crippen molar-refractivity contribution in [1.82, 2.24) is 14.9 Å². The van der Waals surface area contributed by atoms with Crippen LogP contribution in [0.15, 0.2) is 18.2 Å². The van der Waals surface area contributed by atoms with Gasteiger partial charge in [0, 0.05) is 20.0 Å². The number of carbonyl (C=O) groups is 1. The van der Waals surface area contributed by atoms with Gasteiger partial charge in [-0.1, -0.05) is 0 Å². The zero-order valence-electron chi connectivity index (χ0n) is 9.90. The quantitative estimate of drug-likeness (QED) is 0.827. The normalized spacial score (nSPS) is 10.9. The van der Waals surface area contributed by atoms with Gasteiger partial charge < -0.3 is 15.0 Å². The van der Waals surface area contributed by atoms with E-state index in [9.17, 15) is 4.79 Å². The molecule has 0 fully saturated rings. The van der Waals surface area contributed by atoms with Crippen LogP contribution in [0.1, 0.15) is 16.2 Å². The minimum absolute atomic E-state index is 0.292. The first-order valence-corrected chi connectivity index (χ1v) is 5.46. The summed E-state index contributed by atoms with van der Waals surface area (Å²) in [5, 5.41) is 12.0. The van der Waals surface area contributed by atoms with E-state index in [0.29, 0.717) is 5.56 Å². The molecule has 0 spiro atoms. The number of hydrogen-bond acceptors (Lipinski definition) is 3. The number of nitrogens with zero attached hydrogens (tertiary/aromatic N) is 2. The minimum Gasteiger partial charge on any atom is -0.478 e. The number of fused-ring (bicyclic) bond motifs is 1. The number of rotatable bonds is 4. The number of likely N-dealkylation sites (N-methyl/N-ethyl adjacent to an activating group) is 1. The fourth-order valence-electron chi connectivity index (χ4n) is 1.83. The lowest BCUT2D eigenvalue weighted by atomic mass is 10.2. The van der Waals surface area contributed by atoms with E-state index < -0.39 is 5.97 Å². The number of aryl methyl sites for hydroxylation is 1. The van der Waals surface area contributed by atoms with E-state index in [0.717, 1.165) is 29.8 Å². The summed E-state index contributed by atoms with van der Waals surface area (Å²) in [6.07, 6.45) is 0.823. The van der Waals surface area contributed by atoms with Crippen LogP contribution in [0.25, 0.3) is 11.0 Å². The molecule has 90 valence electrons. The number of hydrogen-bond donors (Lipinski definition) is 2. The molecule has 2 aromatic rings. The topological polar surface area (TPSA) is 67.2 Å². The third kappa shape index (κ3) is 2.14. The number of benzene rings is 1. The van der Waals surface area contributed by atoms with Crippen molar-refractivity contribution in [3.63, 3.8) is 0 Å². The first kappa shape index (κ1) is 11.6. The fraction of sp³-hybridized carbons (Fsp3) is 0.333. The molecular weight excluding hydrogens is 218 g/mol. The molecule has 5 heteroatoms. The SMILES string of the molecule is CNCCc1nc2ccc(C(=O)O)cc2n1C. The van der Waals surface area contributed by atoms with Crippen molar-refractivity contribution in [3.8, 4) is 0 Å². The highest BCUT2D eigenvalue weighted by Gasteiger charge is 2.10. The molecular formula is C12H15N3O2. The van der Waals surface area contributed by atoms with Crippen LogP contribution in [0.4, 0.5) is 0 Å². The van der Waals surface area contributed by atoms with Gasteiger partial charge in [-0.15, -0.1) is 0 Å². The second-order valence-electron chi connectivity index (χ2n) is 3.95. The number of nitrogens with one attached hydrogen (secondary N) is 1. The van der Waals surface area contributed by atoms with Crippen molar-refractivity contribution in [2.45, 2.75) is 6.42 Å². The molecule has 0 unspecified atom stereocenters. The van der Waals surface area contributed by atoms with Gasteiger partial charge in [-0.25, -0.2) is 9.78 Å². The summed E-state index contributed by atoms with van der Waals surface area (Å²) in [6, 6.07) is 4.99. The molecule has 5 nitrogen and oxygen atoms in total. The van der Waals surface area contributed by atoms with E-state index in [-0.39, 0.29) is 0 Å². The Labute approximate surface area is 99.1 Å². The third-order valence-corrected chi connectivity index (χ3v) is 2.82. The number of aromatic carboxylic acids is 1. The van der Waals surface area contributed by atoms with Crippen molar-refractivity contribution >= 4 is 17.0 Å². The van der Waals surface area contributed by atoms with E-state index in [4.69, 9.17) is 5.11 Å². The van der Waals surface area contributed by atoms with E-state index in [1.165, 1.54) is 0 Å². The molecule has 0 amide bonds. The average Bonchev–Trinajstić information content (AvgIpc) is 2.63. The lowest BCUT2D eigenvalue weighted by molar-refractivity contribution is 0.0697. The standard InChI is InChI=1S/C12H15N3O2/c1-13-6-5-11-14-9-4-3-8(12(16)17)7-10(9)15(11)2/h3-4,7,13H,5-6H2,1-2H3,(H,16,17). The van der Waals surface area contributed by atoms with Crippen molar-refractivity contribution in [3.05, 3.63) is 29.6 Å². The summed E-state index contributed by atoms with van der Waals surface area (Å²) in [7, 11) is 3.80. The Morgan fingerprint density at radius 2 is 2.29 bits per heavy atom. The predicted molar refractivity (Wildman–Crippen MR) is 65.3 cm³/mol. The lowest BCUT2D eigenvalue weighted by Gasteiger charge is -2.01. The molecule has 2 N–H and O–H groups in total. The second kappa shape index (κ2) is 4.55. The Hall–Kier alpha value is -1.88. The number of aromatic nitrogens is 2. The molecule has 0 saturated heterocycles. The van der Waals surface area contributed by atoms with Gasteiger partial charge in [0.15, 0.2) is 0 Å². The highest BCUT2D eigenvalue weighted by molar-refractivity contribution is 5.92. The zero-order valence-corrected chi connectivity index (χ0v) is 9.90. The Bertz CT molecular complexity index is 560. The van der Waals surface area contributed by atoms with Gasteiger partial charge in [0.05, 0.1) is 16.6 Å². The van der Waals surface area contributed by atoms with Crippen molar-refractivity contribution in [2.75, 3.05) is 13.6 Å². The second-order valence-corrected chi connectivity index (χ2v) is 3.95. The maximum atomic E-state index is 10.9. The van der Waals surface area contributed by atoms with Crippen LogP contribution in [0.2, 0.25) is 0 Å². The van der Waals surface area contributed by atoms with Crippen LogP contribution < -0.4 is 5.32 Å². The van der Waals surface area contributed by atoms with Crippen LogP contribution in [0.5, 0.6) is 0 Å². The molecule has 0 aliphatic heterocycles. The van der Waals surface area contributed by atoms with Gasteiger partial charge in [-0.2, -0.15) is 0 Å². The average molecular weight is 233 g/mol. The van der Waals surface area contributed by atoms with Crippen LogP contribution in [0, 0.1) is 0 Å². The fourth-order valence-corrected chi connectivity index (χ4v) is 1.83. The molecule has 0 aliphatic rings. The summed E-state index contributed by atoms with van der Waals surface area (Å²) in [6.45, 7) is 0.850. The highest BCUT2D eigenvalue weighted by atomic mass is 16.4. The Balaban J connectivity index is 2.47. The van der Waals surface area contributed by atoms with E-state index >= 15 is 0 Å². The van der Waals surface area contributed by atoms with E-state index in [1.807, 2.05) is 18.7 Å². The Morgan fingerprint density at radius 3 is 2.94 bits per heavy atom. The highest BCUT2D eigenvalue weighted by Crippen LogP contribution is 2.17. The zero-order chi connectivity index (χ0) is 12.4. The van der Waals surface area contributed by atoms with Crippen LogP contribution in [0.3, 0.4) is 0 Å². The first-order chi connectivity index (χ1) is 8.13. The van der Waals surface area contributed by atoms with Gasteiger partial charge in [0.25, 0.3) is 0 Å². The molecule has 17 heavy (non-hydrogen) atoms. The smallest absolute Gasteiger partial charge is 0.335 e. The van der Waals surface area contributed by atoms with Gasteiger partial charge in [0.2, 0.25) is 0 Å². The molecule has 0 aliphatic carbocycles. The molecule has 0 radical (unpaired) electrons. The Kier molecular flexibility index (Phi) is 3.10. The van der Waals surface area contributed by atoms with Crippen LogP contribution in [-0.2, 0) is 13.5 Å². The number of carboxylic acid groups (broad SMARTS) is 1. The van der Waals surface area contributed by atoms with Crippen LogP contribution in [-0.4, -0.2) is 34.2 Å². The molecule has 1 aromatic carbocycles. The van der Waals surface area contributed by atoms with Crippen molar-refractivity contribution < 1.29 is 9.90 Å². The van der Waals surface area contributed by atoms with Gasteiger partial charge in [-0.3, -0.25) is 0 Å². The summed E-state index contributed by atoms with van der Waals surface area (Å²) in [5.41, 5.74) is 1.99. The van der Waals surface area contributed by atoms with Gasteiger partial charge >= 0.3 is 5.97 Å². The van der Waals surface area contributed by atoms with Gasteiger partial charge in [0.1, 0.15) is 5.82 Å². The molecule has 0 bridgehead atoms. The predicted octanol–water partition coefficient (Wildman–Crippen LogP) is 1.03. The lowest BCUT2D eigenvalue weighted by Crippen LogP contribution is -2.13. The molecule has 1 aromatic heterocycles. The van der Waals surface area contributed by atoms with Crippen LogP contribution >= 0.6 is 0 Å². The molecule has 0 saturated carbocycles. The molecule has 2 rings (SSSR count). The number of carboxylic acids is 1. The largest absolute Gasteiger partial charge is 0.478 e. The number of imidazole rings is 1. The van der Waals surface area contributed by atoms with E-state index in [2.05, 4.69) is 10.3 Å². The monoisotopic (exact) mass is 233 g/mol. The Morgan fingerprint density at radius 1 is 1.53 bits per heavy atom. The van der Waals surface area contributed by atoms with Gasteiger partial charge in [-0.05, 0) is 25.2 Å². The summed E-state index contributed by atoms with van der Waals surface area (Å²) in [4.78, 5) is 15.4. The first-order valence-electron chi connectivity index (χ1n) is 5.46. The maximum absolute atomic E-state index is 10.9. The summed E-state index contributed by atoms with van der Waals surface area (Å²) < 4.78 is 1.94. The summed E-state index contributed by atoms with van der Waals surface area (Å²) >= 11 is 0. The molecule has 0 atom stereocenters. The van der Waals surface area contributed by atoms with Crippen molar-refractivity contribution in [1.29, 1.82) is 0 Å². The summed E-state index contributed by atoms with van der Waals surface area (Å²) in [5.74, 6) is 0.0433. The molecule has 1 heterocycles. The maximum Gasteiger partial charge on any atom is 0.335 e. The minimum atomic E-state index is -0.912. The van der Waals surface area contributed by atoms with Crippen molar-refractivity contribution in [2.24, 2.45) is 7.05 Å². The van der Waals surface area contributed by atoms with E-state index in [1.54, 1.807) is 18.2 Å². The third-order valence-electron chi connectivity index (χ3n) is 2.82.